The number of rotatable bonds is 3. The summed E-state index contributed by atoms with van der Waals surface area (Å²) in [5.74, 6) is 0.889. The Morgan fingerprint density at radius 3 is 2.48 bits per heavy atom. The SMILES string of the molecule is COc1ccccc1N1CCN(C(=O)c2cc(Cl)cn2C)CC1. The minimum absolute atomic E-state index is 0.0269. The van der Waals surface area contributed by atoms with E-state index in [0.717, 1.165) is 24.5 Å². The van der Waals surface area contributed by atoms with Crippen LogP contribution in [-0.4, -0.2) is 48.7 Å². The van der Waals surface area contributed by atoms with Gasteiger partial charge in [-0.3, -0.25) is 4.79 Å². The normalized spacial score (nSPS) is 14.9. The fourth-order valence-electron chi connectivity index (χ4n) is 2.94. The first-order valence-corrected chi connectivity index (χ1v) is 7.97. The molecule has 122 valence electrons. The highest BCUT2D eigenvalue weighted by molar-refractivity contribution is 6.31. The van der Waals surface area contributed by atoms with Crippen LogP contribution >= 0.6 is 11.6 Å². The molecular weight excluding hydrogens is 314 g/mol. The van der Waals surface area contributed by atoms with Gasteiger partial charge < -0.3 is 19.1 Å². The maximum Gasteiger partial charge on any atom is 0.270 e. The number of benzene rings is 1. The highest BCUT2D eigenvalue weighted by Crippen LogP contribution is 2.28. The molecule has 2 aromatic rings. The van der Waals surface area contributed by atoms with E-state index in [1.54, 1.807) is 23.9 Å². The van der Waals surface area contributed by atoms with E-state index in [-0.39, 0.29) is 5.91 Å². The number of ether oxygens (including phenoxy) is 1. The predicted molar refractivity (Wildman–Crippen MR) is 91.5 cm³/mol. The fourth-order valence-corrected chi connectivity index (χ4v) is 3.19. The zero-order valence-corrected chi connectivity index (χ0v) is 14.1. The number of para-hydroxylation sites is 2. The van der Waals surface area contributed by atoms with Gasteiger partial charge in [0.05, 0.1) is 17.8 Å². The van der Waals surface area contributed by atoms with Gasteiger partial charge in [0.15, 0.2) is 0 Å². The second-order valence-corrected chi connectivity index (χ2v) is 6.04. The van der Waals surface area contributed by atoms with E-state index in [4.69, 9.17) is 16.3 Å². The number of nitrogens with zero attached hydrogens (tertiary/aromatic N) is 3. The molecule has 1 aliphatic heterocycles. The molecule has 6 heteroatoms. The molecule has 0 spiro atoms. The minimum Gasteiger partial charge on any atom is -0.495 e. The molecule has 0 aliphatic carbocycles. The van der Waals surface area contributed by atoms with Crippen molar-refractivity contribution in [3.05, 3.63) is 47.2 Å². The molecule has 1 saturated heterocycles. The Balaban J connectivity index is 1.69. The number of carbonyl (C=O) groups is 1. The van der Waals surface area contributed by atoms with Crippen molar-refractivity contribution < 1.29 is 9.53 Å². The molecular formula is C17H20ClN3O2. The maximum absolute atomic E-state index is 12.6. The van der Waals surface area contributed by atoms with Crippen molar-refractivity contribution >= 4 is 23.2 Å². The van der Waals surface area contributed by atoms with Gasteiger partial charge in [-0.1, -0.05) is 23.7 Å². The molecule has 0 bridgehead atoms. The maximum atomic E-state index is 12.6. The summed E-state index contributed by atoms with van der Waals surface area (Å²) >= 11 is 5.97. The number of piperazine rings is 1. The molecule has 0 saturated carbocycles. The third-order valence-electron chi connectivity index (χ3n) is 4.18. The smallest absolute Gasteiger partial charge is 0.270 e. The number of hydrogen-bond donors (Lipinski definition) is 0. The van der Waals surface area contributed by atoms with Crippen molar-refractivity contribution in [3.63, 3.8) is 0 Å². The highest BCUT2D eigenvalue weighted by atomic mass is 35.5. The zero-order valence-electron chi connectivity index (χ0n) is 13.3. The molecule has 1 aromatic heterocycles. The van der Waals surface area contributed by atoms with Crippen LogP contribution in [-0.2, 0) is 7.05 Å². The van der Waals surface area contributed by atoms with Crippen molar-refractivity contribution in [1.82, 2.24) is 9.47 Å². The van der Waals surface area contributed by atoms with Crippen LogP contribution < -0.4 is 9.64 Å². The third-order valence-corrected chi connectivity index (χ3v) is 4.39. The summed E-state index contributed by atoms with van der Waals surface area (Å²) in [6, 6.07) is 9.69. The van der Waals surface area contributed by atoms with E-state index in [1.807, 2.05) is 36.2 Å². The van der Waals surface area contributed by atoms with Crippen molar-refractivity contribution in [1.29, 1.82) is 0 Å². The number of amides is 1. The van der Waals surface area contributed by atoms with E-state index in [9.17, 15) is 4.79 Å². The number of methoxy groups -OCH3 is 1. The first-order valence-electron chi connectivity index (χ1n) is 7.59. The molecule has 0 unspecified atom stereocenters. The Morgan fingerprint density at radius 1 is 1.17 bits per heavy atom. The summed E-state index contributed by atoms with van der Waals surface area (Å²) in [5.41, 5.74) is 1.70. The van der Waals surface area contributed by atoms with Gasteiger partial charge in [-0.25, -0.2) is 0 Å². The molecule has 0 radical (unpaired) electrons. The molecule has 2 heterocycles. The molecule has 3 rings (SSSR count). The van der Waals surface area contributed by atoms with Crippen LogP contribution in [0.5, 0.6) is 5.75 Å². The second kappa shape index (κ2) is 6.54. The Bertz CT molecular complexity index is 706. The van der Waals surface area contributed by atoms with Crippen LogP contribution in [0.25, 0.3) is 0 Å². The molecule has 1 amide bonds. The molecule has 1 aliphatic rings. The van der Waals surface area contributed by atoms with Gasteiger partial charge in [0, 0.05) is 39.4 Å². The van der Waals surface area contributed by atoms with Gasteiger partial charge in [-0.2, -0.15) is 0 Å². The number of aromatic nitrogens is 1. The van der Waals surface area contributed by atoms with E-state index < -0.39 is 0 Å². The van der Waals surface area contributed by atoms with E-state index >= 15 is 0 Å². The number of hydrogen-bond acceptors (Lipinski definition) is 3. The van der Waals surface area contributed by atoms with Crippen LogP contribution in [0.1, 0.15) is 10.5 Å². The predicted octanol–water partition coefficient (Wildman–Crippen LogP) is 2.65. The summed E-state index contributed by atoms with van der Waals surface area (Å²) < 4.78 is 7.20. The van der Waals surface area contributed by atoms with Crippen LogP contribution in [0, 0.1) is 0 Å². The van der Waals surface area contributed by atoms with Gasteiger partial charge in [-0.15, -0.1) is 0 Å². The van der Waals surface area contributed by atoms with Gasteiger partial charge in [-0.05, 0) is 18.2 Å². The standard InChI is InChI=1S/C17H20ClN3O2/c1-19-12-13(18)11-15(19)17(22)21-9-7-20(8-10-21)14-5-3-4-6-16(14)23-2/h3-6,11-12H,7-10H2,1-2H3. The molecule has 0 N–H and O–H groups in total. The average molecular weight is 334 g/mol. The monoisotopic (exact) mass is 333 g/mol. The summed E-state index contributed by atoms with van der Waals surface area (Å²) in [5, 5.41) is 0.587. The second-order valence-electron chi connectivity index (χ2n) is 5.61. The van der Waals surface area contributed by atoms with Crippen molar-refractivity contribution in [3.8, 4) is 5.75 Å². The Kier molecular flexibility index (Phi) is 4.48. The molecule has 1 fully saturated rings. The van der Waals surface area contributed by atoms with E-state index in [1.165, 1.54) is 0 Å². The van der Waals surface area contributed by atoms with E-state index in [0.29, 0.717) is 23.8 Å². The molecule has 5 nitrogen and oxygen atoms in total. The van der Waals surface area contributed by atoms with Crippen molar-refractivity contribution in [2.45, 2.75) is 0 Å². The van der Waals surface area contributed by atoms with Gasteiger partial charge in [0.2, 0.25) is 0 Å². The highest BCUT2D eigenvalue weighted by Gasteiger charge is 2.25. The molecule has 23 heavy (non-hydrogen) atoms. The Labute approximate surface area is 141 Å². The largest absolute Gasteiger partial charge is 0.495 e. The van der Waals surface area contributed by atoms with Gasteiger partial charge in [0.25, 0.3) is 5.91 Å². The Hall–Kier alpha value is -2.14. The van der Waals surface area contributed by atoms with Crippen molar-refractivity contribution in [2.75, 3.05) is 38.2 Å². The lowest BCUT2D eigenvalue weighted by atomic mass is 10.2. The lowest BCUT2D eigenvalue weighted by molar-refractivity contribution is 0.0737. The summed E-state index contributed by atoms with van der Waals surface area (Å²) in [7, 11) is 3.52. The quantitative estimate of drug-likeness (QED) is 0.866. The molecule has 0 atom stereocenters. The summed E-state index contributed by atoms with van der Waals surface area (Å²) in [6.07, 6.45) is 1.75. The molecule has 1 aromatic carbocycles. The first kappa shape index (κ1) is 15.7. The number of halogens is 1. The number of aryl methyl sites for hydroxylation is 1. The van der Waals surface area contributed by atoms with Gasteiger partial charge in [0.1, 0.15) is 11.4 Å². The number of anilines is 1. The first-order chi connectivity index (χ1) is 11.1. The van der Waals surface area contributed by atoms with Crippen molar-refractivity contribution in [2.24, 2.45) is 7.05 Å². The van der Waals surface area contributed by atoms with E-state index in [2.05, 4.69) is 4.90 Å². The minimum atomic E-state index is 0.0269. The summed E-state index contributed by atoms with van der Waals surface area (Å²) in [4.78, 5) is 16.7. The lowest BCUT2D eigenvalue weighted by Gasteiger charge is -2.36. The number of carbonyl (C=O) groups excluding carboxylic acids is 1. The van der Waals surface area contributed by atoms with Crippen LogP contribution in [0.2, 0.25) is 5.02 Å². The summed E-state index contributed by atoms with van der Waals surface area (Å²) in [6.45, 7) is 2.92. The Morgan fingerprint density at radius 2 is 1.87 bits per heavy atom. The zero-order chi connectivity index (χ0) is 16.4. The fraction of sp³-hybridized carbons (Fsp3) is 0.353. The lowest BCUT2D eigenvalue weighted by Crippen LogP contribution is -2.49. The average Bonchev–Trinajstić information content (AvgIpc) is 2.92. The van der Waals surface area contributed by atoms with Crippen LogP contribution in [0.3, 0.4) is 0 Å². The topological polar surface area (TPSA) is 37.7 Å². The van der Waals surface area contributed by atoms with Crippen LogP contribution in [0.15, 0.2) is 36.5 Å². The van der Waals surface area contributed by atoms with Gasteiger partial charge >= 0.3 is 0 Å². The van der Waals surface area contributed by atoms with Crippen LogP contribution in [0.4, 0.5) is 5.69 Å². The third kappa shape index (κ3) is 3.15.